The number of fused-ring (bicyclic) bond motifs is 5. The van der Waals surface area contributed by atoms with Crippen molar-refractivity contribution in [3.8, 4) is 0 Å². The number of nitrogens with zero attached hydrogens (tertiary/aromatic N) is 2. The minimum atomic E-state index is -1.72. The molecule has 168 valence electrons. The van der Waals surface area contributed by atoms with E-state index in [4.69, 9.17) is 14.2 Å². The molecule has 2 bridgehead atoms. The predicted molar refractivity (Wildman–Crippen MR) is 106 cm³/mol. The summed E-state index contributed by atoms with van der Waals surface area (Å²) in [5, 5.41) is 11.7. The number of imide groups is 1. The zero-order chi connectivity index (χ0) is 23.5. The first kappa shape index (κ1) is 21.6. The van der Waals surface area contributed by atoms with Crippen LogP contribution in [0.25, 0.3) is 0 Å². The Morgan fingerprint density at radius 1 is 1.12 bits per heavy atom. The van der Waals surface area contributed by atoms with Crippen molar-refractivity contribution in [2.45, 2.75) is 45.7 Å². The van der Waals surface area contributed by atoms with E-state index in [9.17, 15) is 29.3 Å². The number of nitro benzene ring substituents is 1. The number of carbonyl (C=O) groups is 4. The van der Waals surface area contributed by atoms with E-state index in [2.05, 4.69) is 0 Å². The second-order valence-corrected chi connectivity index (χ2v) is 8.04. The lowest BCUT2D eigenvalue weighted by molar-refractivity contribution is -0.384. The molecule has 3 aliphatic rings. The molecule has 1 aromatic rings. The first-order chi connectivity index (χ1) is 15.0. The first-order valence-corrected chi connectivity index (χ1v) is 9.83. The SMILES string of the molecule is CC(=O)OC(OC(C)=O)[C@@]12C=C[C@@H](O1)[C@@H]1C(=O)N(c3cc(C)c(C)cc3[N+](=O)[O-])C(=O)[C@@H]12. The van der Waals surface area contributed by atoms with Gasteiger partial charge in [0.15, 0.2) is 5.60 Å². The van der Waals surface area contributed by atoms with Gasteiger partial charge < -0.3 is 14.2 Å². The summed E-state index contributed by atoms with van der Waals surface area (Å²) in [5.41, 5.74) is -0.961. The van der Waals surface area contributed by atoms with Gasteiger partial charge in [0.2, 0.25) is 11.8 Å². The third kappa shape index (κ3) is 3.00. The van der Waals surface area contributed by atoms with Crippen molar-refractivity contribution in [1.82, 2.24) is 0 Å². The molecular formula is C21H20N2O9. The Morgan fingerprint density at radius 2 is 1.72 bits per heavy atom. The number of nitro groups is 1. The number of carbonyl (C=O) groups excluding carboxylic acids is 4. The van der Waals surface area contributed by atoms with Gasteiger partial charge in [-0.05, 0) is 37.1 Å². The van der Waals surface area contributed by atoms with E-state index in [-0.39, 0.29) is 11.4 Å². The van der Waals surface area contributed by atoms with Gasteiger partial charge in [0.05, 0.1) is 22.9 Å². The summed E-state index contributed by atoms with van der Waals surface area (Å²) >= 11 is 0. The van der Waals surface area contributed by atoms with Gasteiger partial charge >= 0.3 is 11.9 Å². The molecule has 11 nitrogen and oxygen atoms in total. The highest BCUT2D eigenvalue weighted by atomic mass is 16.7. The van der Waals surface area contributed by atoms with Gasteiger partial charge in [0.25, 0.3) is 12.0 Å². The van der Waals surface area contributed by atoms with Crippen molar-refractivity contribution in [3.63, 3.8) is 0 Å². The smallest absolute Gasteiger partial charge is 0.305 e. The van der Waals surface area contributed by atoms with Gasteiger partial charge in [-0.3, -0.25) is 29.3 Å². The zero-order valence-electron chi connectivity index (χ0n) is 17.7. The summed E-state index contributed by atoms with van der Waals surface area (Å²) in [6.45, 7) is 5.59. The molecule has 0 aromatic heterocycles. The predicted octanol–water partition coefficient (Wildman–Crippen LogP) is 1.48. The van der Waals surface area contributed by atoms with Crippen molar-refractivity contribution >= 4 is 35.1 Å². The summed E-state index contributed by atoms with van der Waals surface area (Å²) in [5.74, 6) is -5.22. The van der Waals surface area contributed by atoms with E-state index in [0.29, 0.717) is 11.1 Å². The van der Waals surface area contributed by atoms with Crippen LogP contribution in [0.5, 0.6) is 0 Å². The molecule has 4 rings (SSSR count). The van der Waals surface area contributed by atoms with Crippen LogP contribution in [-0.2, 0) is 33.4 Å². The molecule has 11 heteroatoms. The van der Waals surface area contributed by atoms with Crippen LogP contribution in [-0.4, -0.2) is 46.7 Å². The van der Waals surface area contributed by atoms with Crippen LogP contribution in [0.2, 0.25) is 0 Å². The normalized spacial score (nSPS) is 27.8. The van der Waals surface area contributed by atoms with Crippen molar-refractivity contribution in [3.05, 3.63) is 45.5 Å². The Morgan fingerprint density at radius 3 is 2.28 bits per heavy atom. The van der Waals surface area contributed by atoms with Gasteiger partial charge in [-0.25, -0.2) is 4.90 Å². The van der Waals surface area contributed by atoms with Crippen LogP contribution < -0.4 is 4.90 Å². The molecule has 32 heavy (non-hydrogen) atoms. The second-order valence-electron chi connectivity index (χ2n) is 8.04. The number of amides is 2. The Hall–Kier alpha value is -3.60. The highest BCUT2D eigenvalue weighted by molar-refractivity contribution is 6.24. The van der Waals surface area contributed by atoms with E-state index < -0.39 is 58.5 Å². The first-order valence-electron chi connectivity index (χ1n) is 9.83. The van der Waals surface area contributed by atoms with Crippen molar-refractivity contribution in [2.24, 2.45) is 11.8 Å². The summed E-state index contributed by atoms with van der Waals surface area (Å²) in [7, 11) is 0. The summed E-state index contributed by atoms with van der Waals surface area (Å²) in [6, 6.07) is 2.72. The lowest BCUT2D eigenvalue weighted by Gasteiger charge is -2.34. The van der Waals surface area contributed by atoms with Crippen molar-refractivity contribution in [1.29, 1.82) is 0 Å². The number of hydrogen-bond acceptors (Lipinski definition) is 9. The molecule has 1 aromatic carbocycles. The Bertz CT molecular complexity index is 1090. The standard InChI is InChI=1S/C21H20N2O9/c1-9-7-13(14(23(28)29)8-10(9)2)22-18(26)16-15-5-6-21(32-15,17(16)19(22)27)20(30-11(3)24)31-12(4)25/h5-8,15-17,20H,1-4H3/t15-,16+,17-,21+/m1/s1. The van der Waals surface area contributed by atoms with E-state index >= 15 is 0 Å². The monoisotopic (exact) mass is 444 g/mol. The quantitative estimate of drug-likeness (QED) is 0.165. The van der Waals surface area contributed by atoms with Crippen LogP contribution in [0, 0.1) is 35.8 Å². The number of rotatable bonds is 5. The summed E-state index contributed by atoms with van der Waals surface area (Å²) < 4.78 is 16.2. The van der Waals surface area contributed by atoms with Gasteiger partial charge in [-0.1, -0.05) is 6.08 Å². The van der Waals surface area contributed by atoms with Gasteiger partial charge in [0, 0.05) is 19.9 Å². The second kappa shape index (κ2) is 7.23. The van der Waals surface area contributed by atoms with Gasteiger partial charge in [0.1, 0.15) is 5.69 Å². The molecule has 3 heterocycles. The molecule has 2 saturated heterocycles. The molecule has 0 spiro atoms. The maximum absolute atomic E-state index is 13.5. The van der Waals surface area contributed by atoms with E-state index in [1.54, 1.807) is 13.8 Å². The fraction of sp³-hybridized carbons (Fsp3) is 0.429. The van der Waals surface area contributed by atoms with Gasteiger partial charge in [-0.2, -0.15) is 0 Å². The molecule has 3 aliphatic heterocycles. The maximum atomic E-state index is 13.5. The molecule has 0 radical (unpaired) electrons. The number of benzene rings is 1. The van der Waals surface area contributed by atoms with E-state index in [1.165, 1.54) is 24.3 Å². The maximum Gasteiger partial charge on any atom is 0.305 e. The van der Waals surface area contributed by atoms with Crippen LogP contribution in [0.3, 0.4) is 0 Å². The van der Waals surface area contributed by atoms with Crippen molar-refractivity contribution < 1.29 is 38.3 Å². The van der Waals surface area contributed by atoms with Gasteiger partial charge in [-0.15, -0.1) is 0 Å². The fourth-order valence-electron chi connectivity index (χ4n) is 4.57. The minimum absolute atomic E-state index is 0.145. The molecular weight excluding hydrogens is 424 g/mol. The molecule has 0 saturated carbocycles. The topological polar surface area (TPSA) is 142 Å². The van der Waals surface area contributed by atoms with Crippen LogP contribution >= 0.6 is 0 Å². The number of esters is 2. The van der Waals surface area contributed by atoms with Crippen LogP contribution in [0.15, 0.2) is 24.3 Å². The highest BCUT2D eigenvalue weighted by Crippen LogP contribution is 2.55. The largest absolute Gasteiger partial charge is 0.422 e. The van der Waals surface area contributed by atoms with E-state index in [0.717, 1.165) is 18.7 Å². The van der Waals surface area contributed by atoms with Crippen molar-refractivity contribution in [2.75, 3.05) is 4.90 Å². The average Bonchev–Trinajstić information content (AvgIpc) is 3.33. The zero-order valence-corrected chi connectivity index (χ0v) is 17.7. The van der Waals surface area contributed by atoms with Crippen LogP contribution in [0.1, 0.15) is 25.0 Å². The lowest BCUT2D eigenvalue weighted by Crippen LogP contribution is -2.52. The fourth-order valence-corrected chi connectivity index (χ4v) is 4.57. The molecule has 0 aliphatic carbocycles. The number of anilines is 1. The Labute approximate surface area is 182 Å². The lowest BCUT2D eigenvalue weighted by atomic mass is 9.76. The number of ether oxygens (including phenoxy) is 3. The summed E-state index contributed by atoms with van der Waals surface area (Å²) in [6.07, 6.45) is 0.518. The average molecular weight is 444 g/mol. The third-order valence-electron chi connectivity index (χ3n) is 6.02. The molecule has 2 amide bonds. The minimum Gasteiger partial charge on any atom is -0.422 e. The molecule has 0 N–H and O–H groups in total. The molecule has 0 unspecified atom stereocenters. The molecule has 2 fully saturated rings. The Kier molecular flexibility index (Phi) is 4.88. The third-order valence-corrected chi connectivity index (χ3v) is 6.02. The number of hydrogen-bond donors (Lipinski definition) is 0. The summed E-state index contributed by atoms with van der Waals surface area (Å²) in [4.78, 5) is 61.9. The van der Waals surface area contributed by atoms with E-state index in [1.807, 2.05) is 0 Å². The Balaban J connectivity index is 1.81. The highest BCUT2D eigenvalue weighted by Gasteiger charge is 2.72. The molecule has 4 atom stereocenters. The van der Waals surface area contributed by atoms with Crippen LogP contribution in [0.4, 0.5) is 11.4 Å². The number of aryl methyl sites for hydroxylation is 2.